The standard InChI is InChI=1S/C23H28N2/c1-2-6-19(7-3-1)11-15-24-16-12-23(13-17-24)18-25-14-5-9-20-8-4-10-21(23)22(20)25/h1-4,6-8,10H,5,9,11-18H2. The third-order valence-corrected chi connectivity index (χ3v) is 6.75. The Balaban J connectivity index is 1.29. The number of benzene rings is 2. The number of hydrogen-bond donors (Lipinski definition) is 0. The minimum atomic E-state index is 0.429. The normalized spacial score (nSPS) is 21.5. The van der Waals surface area contributed by atoms with E-state index in [-0.39, 0.29) is 0 Å². The number of anilines is 1. The van der Waals surface area contributed by atoms with Gasteiger partial charge in [0.1, 0.15) is 0 Å². The number of rotatable bonds is 3. The zero-order chi connectivity index (χ0) is 16.7. The lowest BCUT2D eigenvalue weighted by Gasteiger charge is -2.40. The van der Waals surface area contributed by atoms with Gasteiger partial charge in [-0.25, -0.2) is 0 Å². The lowest BCUT2D eigenvalue weighted by molar-refractivity contribution is 0.168. The van der Waals surface area contributed by atoms with Crippen LogP contribution in [-0.4, -0.2) is 37.6 Å². The van der Waals surface area contributed by atoms with Gasteiger partial charge in [0.2, 0.25) is 0 Å². The average Bonchev–Trinajstić information content (AvgIpc) is 2.98. The van der Waals surface area contributed by atoms with Crippen LogP contribution in [0, 0.1) is 0 Å². The number of fused-ring (bicyclic) bond motifs is 1. The fourth-order valence-corrected chi connectivity index (χ4v) is 5.34. The molecule has 0 amide bonds. The summed E-state index contributed by atoms with van der Waals surface area (Å²) >= 11 is 0. The number of piperidine rings is 1. The highest BCUT2D eigenvalue weighted by Crippen LogP contribution is 2.49. The van der Waals surface area contributed by atoms with Crippen LogP contribution < -0.4 is 4.90 Å². The van der Waals surface area contributed by atoms with Gasteiger partial charge in [-0.3, -0.25) is 0 Å². The van der Waals surface area contributed by atoms with Crippen LogP contribution >= 0.6 is 0 Å². The van der Waals surface area contributed by atoms with Gasteiger partial charge < -0.3 is 9.80 Å². The average molecular weight is 332 g/mol. The molecule has 25 heavy (non-hydrogen) atoms. The first-order chi connectivity index (χ1) is 12.3. The van der Waals surface area contributed by atoms with Crippen LogP contribution in [0.3, 0.4) is 0 Å². The van der Waals surface area contributed by atoms with Crippen molar-refractivity contribution in [2.75, 3.05) is 37.6 Å². The summed E-state index contributed by atoms with van der Waals surface area (Å²) in [6, 6.07) is 18.0. The third kappa shape index (κ3) is 2.67. The van der Waals surface area contributed by atoms with Gasteiger partial charge in [-0.15, -0.1) is 0 Å². The fraction of sp³-hybridized carbons (Fsp3) is 0.478. The van der Waals surface area contributed by atoms with Crippen molar-refractivity contribution in [3.63, 3.8) is 0 Å². The van der Waals surface area contributed by atoms with Crippen molar-refractivity contribution in [2.45, 2.75) is 37.5 Å². The largest absolute Gasteiger partial charge is 0.370 e. The maximum Gasteiger partial charge on any atom is 0.0438 e. The summed E-state index contributed by atoms with van der Waals surface area (Å²) in [4.78, 5) is 5.39. The Labute approximate surface area is 151 Å². The summed E-state index contributed by atoms with van der Waals surface area (Å²) < 4.78 is 0. The van der Waals surface area contributed by atoms with Crippen LogP contribution in [0.4, 0.5) is 5.69 Å². The van der Waals surface area contributed by atoms with Gasteiger partial charge in [-0.1, -0.05) is 48.5 Å². The van der Waals surface area contributed by atoms with Gasteiger partial charge in [0.25, 0.3) is 0 Å². The Kier molecular flexibility index (Phi) is 3.82. The molecule has 3 aliphatic rings. The van der Waals surface area contributed by atoms with E-state index in [1.807, 2.05) is 0 Å². The molecule has 0 aromatic heterocycles. The van der Waals surface area contributed by atoms with Crippen LogP contribution in [0.5, 0.6) is 0 Å². The Morgan fingerprint density at radius 3 is 2.56 bits per heavy atom. The smallest absolute Gasteiger partial charge is 0.0438 e. The molecule has 0 aliphatic carbocycles. The van der Waals surface area contributed by atoms with Gasteiger partial charge in [0.15, 0.2) is 0 Å². The maximum absolute atomic E-state index is 2.70. The van der Waals surface area contributed by atoms with Gasteiger partial charge in [0.05, 0.1) is 0 Å². The summed E-state index contributed by atoms with van der Waals surface area (Å²) in [5, 5.41) is 0. The molecule has 2 heteroatoms. The second kappa shape index (κ2) is 6.17. The van der Waals surface area contributed by atoms with Crippen molar-refractivity contribution in [2.24, 2.45) is 0 Å². The summed E-state index contributed by atoms with van der Waals surface area (Å²) in [7, 11) is 0. The molecule has 1 spiro atoms. The third-order valence-electron chi connectivity index (χ3n) is 6.75. The molecule has 2 aromatic carbocycles. The molecule has 1 saturated heterocycles. The van der Waals surface area contributed by atoms with Crippen molar-refractivity contribution >= 4 is 5.69 Å². The first kappa shape index (κ1) is 15.5. The topological polar surface area (TPSA) is 6.48 Å². The molecule has 2 nitrogen and oxygen atoms in total. The predicted octanol–water partition coefficient (Wildman–Crippen LogP) is 4.03. The van der Waals surface area contributed by atoms with Crippen molar-refractivity contribution in [3.05, 3.63) is 65.2 Å². The number of hydrogen-bond acceptors (Lipinski definition) is 2. The highest BCUT2D eigenvalue weighted by atomic mass is 15.2. The van der Waals surface area contributed by atoms with Crippen LogP contribution in [0.25, 0.3) is 0 Å². The highest BCUT2D eigenvalue weighted by molar-refractivity contribution is 5.68. The molecule has 2 aromatic rings. The van der Waals surface area contributed by atoms with Crippen LogP contribution in [0.1, 0.15) is 36.0 Å². The van der Waals surface area contributed by atoms with Gasteiger partial charge >= 0.3 is 0 Å². The van der Waals surface area contributed by atoms with E-state index in [1.165, 1.54) is 70.4 Å². The summed E-state index contributed by atoms with van der Waals surface area (Å²) in [5.41, 5.74) is 6.79. The molecule has 0 bridgehead atoms. The summed E-state index contributed by atoms with van der Waals surface area (Å²) in [6.07, 6.45) is 6.44. The second-order valence-electron chi connectivity index (χ2n) is 8.20. The minimum Gasteiger partial charge on any atom is -0.370 e. The van der Waals surface area contributed by atoms with E-state index in [1.54, 1.807) is 16.8 Å². The molecule has 3 aliphatic heterocycles. The highest BCUT2D eigenvalue weighted by Gasteiger charge is 2.45. The lowest BCUT2D eigenvalue weighted by atomic mass is 9.74. The first-order valence-electron chi connectivity index (χ1n) is 9.98. The van der Waals surface area contributed by atoms with Crippen molar-refractivity contribution in [3.8, 4) is 0 Å². The Morgan fingerprint density at radius 1 is 0.880 bits per heavy atom. The van der Waals surface area contributed by atoms with E-state index in [0.717, 1.165) is 0 Å². The van der Waals surface area contributed by atoms with Gasteiger partial charge in [-0.05, 0) is 61.9 Å². The monoisotopic (exact) mass is 332 g/mol. The fourth-order valence-electron chi connectivity index (χ4n) is 5.34. The number of nitrogens with zero attached hydrogens (tertiary/aromatic N) is 2. The SMILES string of the molecule is c1ccc(CCN2CCC3(CC2)CN2CCCc4cccc3c42)cc1. The molecular weight excluding hydrogens is 304 g/mol. The molecule has 0 radical (unpaired) electrons. The maximum atomic E-state index is 2.70. The van der Waals surface area contributed by atoms with Crippen molar-refractivity contribution < 1.29 is 0 Å². The van der Waals surface area contributed by atoms with E-state index in [2.05, 4.69) is 58.3 Å². The molecule has 5 rings (SSSR count). The number of aryl methyl sites for hydroxylation is 1. The number of para-hydroxylation sites is 1. The van der Waals surface area contributed by atoms with Gasteiger partial charge in [-0.2, -0.15) is 0 Å². The molecule has 0 N–H and O–H groups in total. The van der Waals surface area contributed by atoms with E-state index in [9.17, 15) is 0 Å². The molecule has 130 valence electrons. The van der Waals surface area contributed by atoms with Crippen molar-refractivity contribution in [1.29, 1.82) is 0 Å². The van der Waals surface area contributed by atoms with Crippen molar-refractivity contribution in [1.82, 2.24) is 4.90 Å². The first-order valence-corrected chi connectivity index (χ1v) is 9.98. The van der Waals surface area contributed by atoms with E-state index in [4.69, 9.17) is 0 Å². The molecule has 0 unspecified atom stereocenters. The number of likely N-dealkylation sites (tertiary alicyclic amines) is 1. The Morgan fingerprint density at radius 2 is 1.72 bits per heavy atom. The Bertz CT molecular complexity index is 744. The quantitative estimate of drug-likeness (QED) is 0.837. The molecule has 0 atom stereocenters. The lowest BCUT2D eigenvalue weighted by Crippen LogP contribution is -2.45. The van der Waals surface area contributed by atoms with E-state index in [0.29, 0.717) is 5.41 Å². The van der Waals surface area contributed by atoms with Gasteiger partial charge in [0, 0.05) is 30.7 Å². The minimum absolute atomic E-state index is 0.429. The van der Waals surface area contributed by atoms with Crippen LogP contribution in [-0.2, 0) is 18.3 Å². The molecule has 0 saturated carbocycles. The Hall–Kier alpha value is -1.80. The van der Waals surface area contributed by atoms with Crippen LogP contribution in [0.15, 0.2) is 48.5 Å². The zero-order valence-electron chi connectivity index (χ0n) is 15.1. The van der Waals surface area contributed by atoms with E-state index < -0.39 is 0 Å². The molecular formula is C23H28N2. The molecule has 3 heterocycles. The predicted molar refractivity (Wildman–Crippen MR) is 104 cm³/mol. The summed E-state index contributed by atoms with van der Waals surface area (Å²) in [6.45, 7) is 6.25. The van der Waals surface area contributed by atoms with Crippen LogP contribution in [0.2, 0.25) is 0 Å². The second-order valence-corrected chi connectivity index (χ2v) is 8.20. The molecule has 1 fully saturated rings. The summed E-state index contributed by atoms with van der Waals surface area (Å²) in [5.74, 6) is 0. The van der Waals surface area contributed by atoms with E-state index >= 15 is 0 Å². The zero-order valence-corrected chi connectivity index (χ0v) is 15.1.